The topological polar surface area (TPSA) is 106 Å². The highest BCUT2D eigenvalue weighted by atomic mass is 32.3. The zero-order valence-electron chi connectivity index (χ0n) is 13.0. The summed E-state index contributed by atoms with van der Waals surface area (Å²) in [4.78, 5) is 24.8. The largest absolute Gasteiger partial charge is 0.488 e. The number of rotatable bonds is 5. The fraction of sp³-hybridized carbons (Fsp3) is 0.188. The molecule has 1 saturated carbocycles. The number of pyridine rings is 1. The van der Waals surface area contributed by atoms with Crippen LogP contribution in [0.5, 0.6) is 5.75 Å². The summed E-state index contributed by atoms with van der Waals surface area (Å²) in [6.07, 6.45) is 2.62. The minimum atomic E-state index is -5.44. The molecule has 10 heteroatoms. The highest BCUT2D eigenvalue weighted by Crippen LogP contribution is 2.34. The van der Waals surface area contributed by atoms with Crippen LogP contribution < -0.4 is 9.74 Å². The number of ketones is 1. The number of benzene rings is 1. The summed E-state index contributed by atoms with van der Waals surface area (Å²) in [5.74, 6) is -2.51. The van der Waals surface area contributed by atoms with Crippen LogP contribution in [0.1, 0.15) is 40.4 Å². The van der Waals surface area contributed by atoms with Crippen molar-refractivity contribution in [2.45, 2.75) is 18.9 Å². The first-order chi connectivity index (χ1) is 12.2. The number of halogens is 2. The van der Waals surface area contributed by atoms with E-state index < -0.39 is 39.0 Å². The zero-order chi connectivity index (χ0) is 19.1. The molecule has 134 valence electrons. The molecule has 1 fully saturated rings. The molecule has 0 aliphatic heterocycles. The van der Waals surface area contributed by atoms with Crippen LogP contribution in [0.15, 0.2) is 35.3 Å². The van der Waals surface area contributed by atoms with Crippen molar-refractivity contribution in [3.05, 3.63) is 63.3 Å². The minimum absolute atomic E-state index is 0.142. The second-order valence-corrected chi connectivity index (χ2v) is 6.60. The fourth-order valence-electron chi connectivity index (χ4n) is 2.45. The number of hydrogen-bond donors (Lipinski definition) is 0. The summed E-state index contributed by atoms with van der Waals surface area (Å²) in [6.45, 7) is 0. The van der Waals surface area contributed by atoms with E-state index in [-0.39, 0.29) is 17.2 Å². The van der Waals surface area contributed by atoms with Crippen molar-refractivity contribution in [2.75, 3.05) is 0 Å². The maximum Gasteiger partial charge on any atom is 0.488 e. The quantitative estimate of drug-likeness (QED) is 0.580. The molecule has 0 saturated heterocycles. The van der Waals surface area contributed by atoms with Crippen molar-refractivity contribution >= 4 is 16.3 Å². The van der Waals surface area contributed by atoms with Gasteiger partial charge in [-0.1, -0.05) is 3.89 Å². The minimum Gasteiger partial charge on any atom is -0.358 e. The van der Waals surface area contributed by atoms with E-state index in [0.717, 1.165) is 18.2 Å². The summed E-state index contributed by atoms with van der Waals surface area (Å²) in [6, 6.07) is 4.83. The number of aromatic nitrogens is 1. The zero-order valence-corrected chi connectivity index (χ0v) is 13.8. The van der Waals surface area contributed by atoms with E-state index in [4.69, 9.17) is 5.26 Å². The lowest BCUT2D eigenvalue weighted by Crippen LogP contribution is -2.23. The molecule has 0 amide bonds. The van der Waals surface area contributed by atoms with Gasteiger partial charge in [-0.15, -0.1) is 0 Å². The van der Waals surface area contributed by atoms with E-state index in [0.29, 0.717) is 18.9 Å². The third-order valence-corrected chi connectivity index (χ3v) is 4.12. The van der Waals surface area contributed by atoms with Gasteiger partial charge < -0.3 is 8.75 Å². The van der Waals surface area contributed by atoms with Crippen molar-refractivity contribution in [3.8, 4) is 11.8 Å². The molecule has 0 spiro atoms. The summed E-state index contributed by atoms with van der Waals surface area (Å²) >= 11 is 0. The Morgan fingerprint density at radius 3 is 2.58 bits per heavy atom. The molecular weight excluding hydrogens is 370 g/mol. The maximum absolute atomic E-state index is 13.5. The van der Waals surface area contributed by atoms with Gasteiger partial charge in [0, 0.05) is 17.8 Å². The van der Waals surface area contributed by atoms with Crippen LogP contribution in [-0.2, 0) is 10.5 Å². The van der Waals surface area contributed by atoms with Gasteiger partial charge in [-0.2, -0.15) is 13.7 Å². The fourth-order valence-corrected chi connectivity index (χ4v) is 2.81. The van der Waals surface area contributed by atoms with Crippen LogP contribution in [0.3, 0.4) is 0 Å². The van der Waals surface area contributed by atoms with Crippen LogP contribution in [0, 0.1) is 17.1 Å². The molecule has 1 aliphatic rings. The monoisotopic (exact) mass is 380 g/mol. The Morgan fingerprint density at radius 1 is 1.31 bits per heavy atom. The van der Waals surface area contributed by atoms with Crippen LogP contribution in [0.2, 0.25) is 0 Å². The molecule has 0 N–H and O–H groups in total. The molecule has 26 heavy (non-hydrogen) atoms. The van der Waals surface area contributed by atoms with Gasteiger partial charge in [0.1, 0.15) is 17.4 Å². The molecule has 1 aliphatic carbocycles. The van der Waals surface area contributed by atoms with E-state index in [1.807, 2.05) is 0 Å². The number of hydrogen-bond acceptors (Lipinski definition) is 6. The Balaban J connectivity index is 2.13. The van der Waals surface area contributed by atoms with Gasteiger partial charge in [-0.3, -0.25) is 9.59 Å². The molecule has 2 aromatic rings. The number of nitrogens with zero attached hydrogens (tertiary/aromatic N) is 2. The third-order valence-electron chi connectivity index (χ3n) is 3.74. The summed E-state index contributed by atoms with van der Waals surface area (Å²) in [5.41, 5.74) is -1.57. The summed E-state index contributed by atoms with van der Waals surface area (Å²) in [5, 5.41) is 9.09. The lowest BCUT2D eigenvalue weighted by atomic mass is 10.0. The van der Waals surface area contributed by atoms with E-state index in [9.17, 15) is 26.3 Å². The molecule has 1 aromatic carbocycles. The standard InChI is InChI=1S/C16H10F2N2O5S/c17-11-1-4-14(25-26(18,23)24)13(6-11)15(21)10-5-9(7-19)16(22)20(8-10)12-2-3-12/h1,4-6,8,12H,2-3H2. The van der Waals surface area contributed by atoms with E-state index >= 15 is 0 Å². The maximum atomic E-state index is 13.5. The van der Waals surface area contributed by atoms with Gasteiger partial charge in [-0.05, 0) is 37.1 Å². The SMILES string of the molecule is N#Cc1cc(C(=O)c2cc(F)ccc2OS(=O)(=O)F)cn(C2CC2)c1=O. The molecule has 0 bridgehead atoms. The Bertz CT molecular complexity index is 1110. The lowest BCUT2D eigenvalue weighted by molar-refractivity contribution is 0.103. The number of nitriles is 1. The first-order valence-corrected chi connectivity index (χ1v) is 8.65. The van der Waals surface area contributed by atoms with Crippen LogP contribution >= 0.6 is 0 Å². The molecule has 7 nitrogen and oxygen atoms in total. The number of carbonyl (C=O) groups is 1. The average Bonchev–Trinajstić information content (AvgIpc) is 3.39. The lowest BCUT2D eigenvalue weighted by Gasteiger charge is -2.10. The smallest absolute Gasteiger partial charge is 0.358 e. The van der Waals surface area contributed by atoms with Crippen molar-refractivity contribution < 1.29 is 25.7 Å². The molecule has 0 radical (unpaired) electrons. The van der Waals surface area contributed by atoms with Crippen LogP contribution in [0.4, 0.5) is 8.28 Å². The normalized spacial score (nSPS) is 13.9. The Morgan fingerprint density at radius 2 is 2.00 bits per heavy atom. The first-order valence-electron chi connectivity index (χ1n) is 7.34. The van der Waals surface area contributed by atoms with E-state index in [1.165, 1.54) is 10.8 Å². The van der Waals surface area contributed by atoms with Crippen molar-refractivity contribution in [1.29, 1.82) is 5.26 Å². The first kappa shape index (κ1) is 17.8. The van der Waals surface area contributed by atoms with E-state index in [1.54, 1.807) is 6.07 Å². The Labute approximate surface area is 146 Å². The second kappa shape index (κ2) is 6.34. The molecule has 3 rings (SSSR count). The Hall–Kier alpha value is -3.06. The van der Waals surface area contributed by atoms with Crippen LogP contribution in [-0.4, -0.2) is 18.8 Å². The van der Waals surface area contributed by atoms with Gasteiger partial charge >= 0.3 is 10.5 Å². The predicted molar refractivity (Wildman–Crippen MR) is 84.2 cm³/mol. The van der Waals surface area contributed by atoms with Gasteiger partial charge in [0.15, 0.2) is 11.5 Å². The van der Waals surface area contributed by atoms with Gasteiger partial charge in [0.2, 0.25) is 0 Å². The summed E-state index contributed by atoms with van der Waals surface area (Å²) in [7, 11) is -5.44. The third kappa shape index (κ3) is 3.62. The molecular formula is C16H10F2N2O5S. The highest BCUT2D eigenvalue weighted by Gasteiger charge is 2.28. The van der Waals surface area contributed by atoms with Crippen LogP contribution in [0.25, 0.3) is 0 Å². The molecule has 0 unspecified atom stereocenters. The van der Waals surface area contributed by atoms with Crippen molar-refractivity contribution in [3.63, 3.8) is 0 Å². The second-order valence-electron chi connectivity index (χ2n) is 5.64. The summed E-state index contributed by atoms with van der Waals surface area (Å²) < 4.78 is 53.1. The van der Waals surface area contributed by atoms with E-state index in [2.05, 4.69) is 4.18 Å². The Kier molecular flexibility index (Phi) is 4.33. The predicted octanol–water partition coefficient (Wildman–Crippen LogP) is 2.02. The molecule has 1 heterocycles. The van der Waals surface area contributed by atoms with Gasteiger partial charge in [0.25, 0.3) is 5.56 Å². The molecule has 1 aromatic heterocycles. The number of carbonyl (C=O) groups excluding carboxylic acids is 1. The molecule has 0 atom stereocenters. The highest BCUT2D eigenvalue weighted by molar-refractivity contribution is 7.81. The average molecular weight is 380 g/mol. The van der Waals surface area contributed by atoms with Crippen molar-refractivity contribution in [2.24, 2.45) is 0 Å². The van der Waals surface area contributed by atoms with Gasteiger partial charge in [0.05, 0.1) is 5.56 Å². The van der Waals surface area contributed by atoms with Gasteiger partial charge in [-0.25, -0.2) is 4.39 Å². The van der Waals surface area contributed by atoms with Crippen molar-refractivity contribution in [1.82, 2.24) is 4.57 Å².